The van der Waals surface area contributed by atoms with Crippen molar-refractivity contribution in [3.63, 3.8) is 0 Å². The third-order valence-corrected chi connectivity index (χ3v) is 6.75. The second kappa shape index (κ2) is 7.46. The number of hydrogen-bond acceptors (Lipinski definition) is 3. The van der Waals surface area contributed by atoms with E-state index in [9.17, 15) is 9.59 Å². The van der Waals surface area contributed by atoms with Crippen LogP contribution in [0.1, 0.15) is 22.0 Å². The van der Waals surface area contributed by atoms with E-state index in [1.165, 1.54) is 20.9 Å². The van der Waals surface area contributed by atoms with Crippen molar-refractivity contribution in [1.29, 1.82) is 0 Å². The second-order valence-electron chi connectivity index (χ2n) is 7.52. The highest BCUT2D eigenvalue weighted by molar-refractivity contribution is 7.10. The van der Waals surface area contributed by atoms with E-state index in [-0.39, 0.29) is 24.4 Å². The smallest absolute Gasteiger partial charge is 0.282 e. The van der Waals surface area contributed by atoms with Crippen molar-refractivity contribution in [3.8, 4) is 0 Å². The van der Waals surface area contributed by atoms with Gasteiger partial charge in [0.25, 0.3) is 5.91 Å². The number of thiophene rings is 1. The number of anilines is 2. The van der Waals surface area contributed by atoms with E-state index in [1.54, 1.807) is 16.2 Å². The second-order valence-corrected chi connectivity index (χ2v) is 8.52. The zero-order chi connectivity index (χ0) is 19.8. The van der Waals surface area contributed by atoms with Gasteiger partial charge in [-0.3, -0.25) is 14.5 Å². The lowest BCUT2D eigenvalue weighted by Gasteiger charge is -2.35. The summed E-state index contributed by atoms with van der Waals surface area (Å²) in [5.74, 6) is -0.160. The van der Waals surface area contributed by atoms with E-state index < -0.39 is 0 Å². The predicted molar refractivity (Wildman–Crippen MR) is 114 cm³/mol. The van der Waals surface area contributed by atoms with E-state index in [0.29, 0.717) is 12.2 Å². The lowest BCUT2D eigenvalue weighted by atomic mass is 9.93. The van der Waals surface area contributed by atoms with Crippen LogP contribution in [0.15, 0.2) is 66.0 Å². The molecule has 0 saturated heterocycles. The SMILES string of the molecule is O=C1CN(C(=O)C[NH+]2CCc3sccc3[C@@H]2c2ccccc2)c2ccccc2N1. The van der Waals surface area contributed by atoms with Crippen LogP contribution < -0.4 is 15.1 Å². The van der Waals surface area contributed by atoms with Gasteiger partial charge in [-0.05, 0) is 23.6 Å². The minimum Gasteiger partial charge on any atom is -0.323 e. The van der Waals surface area contributed by atoms with Crippen molar-refractivity contribution < 1.29 is 14.5 Å². The summed E-state index contributed by atoms with van der Waals surface area (Å²) in [6.45, 7) is 1.33. The van der Waals surface area contributed by atoms with Crippen molar-refractivity contribution in [2.45, 2.75) is 12.5 Å². The van der Waals surface area contributed by atoms with Crippen LogP contribution in [0.4, 0.5) is 11.4 Å². The van der Waals surface area contributed by atoms with E-state index >= 15 is 0 Å². The van der Waals surface area contributed by atoms with Crippen LogP contribution >= 0.6 is 11.3 Å². The summed E-state index contributed by atoms with van der Waals surface area (Å²) in [6.07, 6.45) is 0.982. The topological polar surface area (TPSA) is 53.9 Å². The highest BCUT2D eigenvalue weighted by Crippen LogP contribution is 2.31. The number of para-hydroxylation sites is 2. The Labute approximate surface area is 173 Å². The molecule has 2 aromatic carbocycles. The zero-order valence-corrected chi connectivity index (χ0v) is 16.7. The zero-order valence-electron chi connectivity index (χ0n) is 15.9. The standard InChI is InChI=1S/C23H21N3O2S/c27-21-14-26(19-9-5-4-8-18(19)24-21)22(28)15-25-12-10-20-17(11-13-29-20)23(25)16-6-2-1-3-7-16/h1-9,11,13,23H,10,12,14-15H2,(H,24,27)/p+1/t23-/m0/s1. The first kappa shape index (κ1) is 18.1. The Hall–Kier alpha value is -2.96. The highest BCUT2D eigenvalue weighted by atomic mass is 32.1. The molecular weight excluding hydrogens is 382 g/mol. The Morgan fingerprint density at radius 3 is 2.76 bits per heavy atom. The number of carbonyl (C=O) groups excluding carboxylic acids is 2. The molecule has 3 heterocycles. The molecule has 2 aliphatic heterocycles. The molecule has 0 radical (unpaired) electrons. The fourth-order valence-electron chi connectivity index (χ4n) is 4.45. The Morgan fingerprint density at radius 1 is 1.10 bits per heavy atom. The van der Waals surface area contributed by atoms with E-state index in [2.05, 4.69) is 41.0 Å². The van der Waals surface area contributed by atoms with Gasteiger partial charge in [0.15, 0.2) is 6.54 Å². The van der Waals surface area contributed by atoms with E-state index in [1.807, 2.05) is 30.3 Å². The van der Waals surface area contributed by atoms with Crippen LogP contribution in [0.2, 0.25) is 0 Å². The molecule has 0 aliphatic carbocycles. The molecule has 6 heteroatoms. The van der Waals surface area contributed by atoms with Crippen molar-refractivity contribution in [3.05, 3.63) is 82.0 Å². The van der Waals surface area contributed by atoms with Gasteiger partial charge in [0, 0.05) is 22.4 Å². The summed E-state index contributed by atoms with van der Waals surface area (Å²) < 4.78 is 0. The minimum atomic E-state index is -0.148. The molecule has 1 aromatic heterocycles. The van der Waals surface area contributed by atoms with Crippen molar-refractivity contribution in [2.75, 3.05) is 29.9 Å². The van der Waals surface area contributed by atoms with Crippen LogP contribution in [-0.2, 0) is 16.0 Å². The number of quaternary nitrogens is 1. The number of nitrogens with one attached hydrogen (secondary N) is 2. The Balaban J connectivity index is 1.45. The Morgan fingerprint density at radius 2 is 1.90 bits per heavy atom. The number of amides is 2. The molecule has 29 heavy (non-hydrogen) atoms. The molecule has 2 N–H and O–H groups in total. The third-order valence-electron chi connectivity index (χ3n) is 5.76. The summed E-state index contributed by atoms with van der Waals surface area (Å²) in [5, 5.41) is 5.00. The normalized spacial score (nSPS) is 20.6. The predicted octanol–water partition coefficient (Wildman–Crippen LogP) is 2.26. The lowest BCUT2D eigenvalue weighted by molar-refractivity contribution is -0.919. The first-order valence-electron chi connectivity index (χ1n) is 9.86. The third kappa shape index (κ3) is 3.34. The van der Waals surface area contributed by atoms with Crippen LogP contribution in [0.25, 0.3) is 0 Å². The molecule has 3 aromatic rings. The monoisotopic (exact) mass is 404 g/mol. The van der Waals surface area contributed by atoms with Crippen LogP contribution in [0.5, 0.6) is 0 Å². The van der Waals surface area contributed by atoms with Crippen molar-refractivity contribution in [1.82, 2.24) is 0 Å². The molecule has 1 unspecified atom stereocenters. The maximum Gasteiger partial charge on any atom is 0.282 e. The molecule has 0 spiro atoms. The van der Waals surface area contributed by atoms with Crippen molar-refractivity contribution >= 4 is 34.5 Å². The summed E-state index contributed by atoms with van der Waals surface area (Å²) in [6, 6.07) is 20.3. The van der Waals surface area contributed by atoms with Gasteiger partial charge < -0.3 is 10.2 Å². The Bertz CT molecular complexity index is 1060. The highest BCUT2D eigenvalue weighted by Gasteiger charge is 2.36. The molecule has 2 amide bonds. The van der Waals surface area contributed by atoms with E-state index in [0.717, 1.165) is 18.7 Å². The molecule has 0 bridgehead atoms. The largest absolute Gasteiger partial charge is 0.323 e. The van der Waals surface area contributed by atoms with Crippen LogP contribution in [-0.4, -0.2) is 31.4 Å². The fourth-order valence-corrected chi connectivity index (χ4v) is 5.37. The molecule has 5 rings (SSSR count). The van der Waals surface area contributed by atoms with Gasteiger partial charge in [-0.1, -0.05) is 42.5 Å². The van der Waals surface area contributed by atoms with Gasteiger partial charge in [0.1, 0.15) is 12.6 Å². The van der Waals surface area contributed by atoms with Gasteiger partial charge in [-0.15, -0.1) is 11.3 Å². The average molecular weight is 405 g/mol. The first-order valence-corrected chi connectivity index (χ1v) is 10.7. The van der Waals surface area contributed by atoms with Gasteiger partial charge >= 0.3 is 0 Å². The summed E-state index contributed by atoms with van der Waals surface area (Å²) >= 11 is 1.80. The molecule has 2 atom stereocenters. The van der Waals surface area contributed by atoms with Crippen LogP contribution in [0.3, 0.4) is 0 Å². The molecule has 5 nitrogen and oxygen atoms in total. The summed E-state index contributed by atoms with van der Waals surface area (Å²) in [5.41, 5.74) is 4.03. The molecule has 0 fully saturated rings. The number of carbonyl (C=O) groups is 2. The van der Waals surface area contributed by atoms with Crippen molar-refractivity contribution in [2.24, 2.45) is 0 Å². The van der Waals surface area contributed by atoms with Crippen LogP contribution in [0, 0.1) is 0 Å². The van der Waals surface area contributed by atoms with E-state index in [4.69, 9.17) is 0 Å². The number of benzene rings is 2. The number of nitrogens with zero attached hydrogens (tertiary/aromatic N) is 1. The average Bonchev–Trinajstić information content (AvgIpc) is 3.22. The maximum atomic E-state index is 13.3. The summed E-state index contributed by atoms with van der Waals surface area (Å²) in [7, 11) is 0. The number of fused-ring (bicyclic) bond motifs is 2. The molecular formula is C23H22N3O2S+. The van der Waals surface area contributed by atoms with Gasteiger partial charge in [-0.25, -0.2) is 0 Å². The molecule has 2 aliphatic rings. The first-order chi connectivity index (χ1) is 14.2. The van der Waals surface area contributed by atoms with Gasteiger partial charge in [0.05, 0.1) is 17.9 Å². The van der Waals surface area contributed by atoms with Gasteiger partial charge in [0.2, 0.25) is 5.91 Å². The maximum absolute atomic E-state index is 13.3. The summed E-state index contributed by atoms with van der Waals surface area (Å²) in [4.78, 5) is 29.7. The number of rotatable bonds is 3. The van der Waals surface area contributed by atoms with Gasteiger partial charge in [-0.2, -0.15) is 0 Å². The lowest BCUT2D eigenvalue weighted by Crippen LogP contribution is -3.14. The Kier molecular flexibility index (Phi) is 4.66. The minimum absolute atomic E-state index is 0.0121. The fraction of sp³-hybridized carbons (Fsp3) is 0.217. The quantitative estimate of drug-likeness (QED) is 0.704. The molecule has 146 valence electrons. The number of hydrogen-bond donors (Lipinski definition) is 2. The molecule has 0 saturated carbocycles.